The van der Waals surface area contributed by atoms with Crippen molar-refractivity contribution in [1.29, 1.82) is 0 Å². The lowest BCUT2D eigenvalue weighted by atomic mass is 9.95. The van der Waals surface area contributed by atoms with Gasteiger partial charge in [-0.15, -0.1) is 0 Å². The molecule has 2 aliphatic rings. The highest BCUT2D eigenvalue weighted by atomic mass is 16.5. The third-order valence-corrected chi connectivity index (χ3v) is 8.58. The summed E-state index contributed by atoms with van der Waals surface area (Å²) in [7, 11) is 0. The molecule has 9 nitrogen and oxygen atoms in total. The van der Waals surface area contributed by atoms with Gasteiger partial charge >= 0.3 is 6.09 Å². The van der Waals surface area contributed by atoms with Crippen LogP contribution in [0.1, 0.15) is 71.4 Å². The number of carbonyl (C=O) groups is 3. The summed E-state index contributed by atoms with van der Waals surface area (Å²) < 4.78 is 6.23. The van der Waals surface area contributed by atoms with Gasteiger partial charge in [-0.3, -0.25) is 9.59 Å². The van der Waals surface area contributed by atoms with Crippen LogP contribution in [0.15, 0.2) is 48.5 Å². The Morgan fingerprint density at radius 3 is 2.21 bits per heavy atom. The molecule has 0 spiro atoms. The summed E-state index contributed by atoms with van der Waals surface area (Å²) in [5.41, 5.74) is 2.29. The Balaban J connectivity index is 1.40. The Hall–Kier alpha value is -3.75. The predicted molar refractivity (Wildman–Crippen MR) is 168 cm³/mol. The van der Waals surface area contributed by atoms with Crippen LogP contribution in [-0.4, -0.2) is 88.6 Å². The molecule has 2 heterocycles. The number of hydrogen-bond donors (Lipinski definition) is 1. The number of anilines is 1. The number of benzene rings is 2. The molecule has 9 heteroatoms. The van der Waals surface area contributed by atoms with E-state index in [1.807, 2.05) is 29.2 Å². The molecule has 1 N–H and O–H groups in total. The number of carboxylic acid groups (broad SMARTS) is 1. The Bertz CT molecular complexity index is 1270. The first-order valence-corrected chi connectivity index (χ1v) is 15.6. The molecule has 0 aliphatic carbocycles. The molecule has 2 aliphatic heterocycles. The standard InChI is InChI=1S/C34H48N4O5/c1-24(2)27-14-12-26(13-15-27)22-38(25(3)4)31(39)28-9-8-16-37(23-28)29-10-7-11-30(21-29)43-34(5,6)32(40)35-17-19-36(20-18-35)33(41)42/h7,10-15,21,24-25,28H,8-9,16-20,22-23H2,1-6H3,(H,41,42)/t28-/m1/s1. The molecule has 0 saturated carbocycles. The van der Waals surface area contributed by atoms with E-state index in [-0.39, 0.29) is 23.8 Å². The van der Waals surface area contributed by atoms with E-state index >= 15 is 0 Å². The maximum atomic E-state index is 13.8. The summed E-state index contributed by atoms with van der Waals surface area (Å²) in [4.78, 5) is 45.6. The van der Waals surface area contributed by atoms with Crippen LogP contribution in [0.25, 0.3) is 0 Å². The van der Waals surface area contributed by atoms with E-state index in [2.05, 4.69) is 56.9 Å². The van der Waals surface area contributed by atoms with Gasteiger partial charge in [-0.1, -0.05) is 44.2 Å². The highest BCUT2D eigenvalue weighted by molar-refractivity contribution is 5.85. The monoisotopic (exact) mass is 592 g/mol. The van der Waals surface area contributed by atoms with Crippen LogP contribution in [-0.2, 0) is 16.1 Å². The molecule has 1 atom stereocenters. The maximum Gasteiger partial charge on any atom is 0.407 e. The van der Waals surface area contributed by atoms with E-state index in [0.717, 1.165) is 30.6 Å². The van der Waals surface area contributed by atoms with Crippen molar-refractivity contribution in [3.8, 4) is 5.75 Å². The van der Waals surface area contributed by atoms with E-state index in [0.29, 0.717) is 50.9 Å². The Morgan fingerprint density at radius 1 is 0.953 bits per heavy atom. The average molecular weight is 593 g/mol. The summed E-state index contributed by atoms with van der Waals surface area (Å²) in [6.45, 7) is 15.4. The van der Waals surface area contributed by atoms with Crippen molar-refractivity contribution >= 4 is 23.6 Å². The normalized spacial score (nSPS) is 17.8. The van der Waals surface area contributed by atoms with Crippen LogP contribution in [0.3, 0.4) is 0 Å². The fourth-order valence-corrected chi connectivity index (χ4v) is 5.93. The first-order chi connectivity index (χ1) is 20.4. The zero-order valence-corrected chi connectivity index (χ0v) is 26.6. The van der Waals surface area contributed by atoms with Gasteiger partial charge < -0.3 is 29.4 Å². The second kappa shape index (κ2) is 13.7. The Labute approximate surface area is 256 Å². The van der Waals surface area contributed by atoms with Crippen LogP contribution in [0.4, 0.5) is 10.5 Å². The number of hydrogen-bond acceptors (Lipinski definition) is 5. The molecular weight excluding hydrogens is 544 g/mol. The average Bonchev–Trinajstić information content (AvgIpc) is 2.99. The van der Waals surface area contributed by atoms with Gasteiger partial charge in [-0.2, -0.15) is 0 Å². The smallest absolute Gasteiger partial charge is 0.407 e. The van der Waals surface area contributed by atoms with Crippen molar-refractivity contribution in [3.63, 3.8) is 0 Å². The van der Waals surface area contributed by atoms with E-state index in [1.165, 1.54) is 10.5 Å². The van der Waals surface area contributed by atoms with Crippen molar-refractivity contribution in [1.82, 2.24) is 14.7 Å². The van der Waals surface area contributed by atoms with Gasteiger partial charge in [0.15, 0.2) is 5.60 Å². The van der Waals surface area contributed by atoms with Gasteiger partial charge in [0, 0.05) is 63.6 Å². The SMILES string of the molecule is CC(C)c1ccc(CN(C(=O)[C@@H]2CCCN(c3cccc(OC(C)(C)C(=O)N4CCN(C(=O)O)CC4)c3)C2)C(C)C)cc1. The minimum absolute atomic E-state index is 0.0938. The molecule has 0 radical (unpaired) electrons. The van der Waals surface area contributed by atoms with Gasteiger partial charge in [0.05, 0.1) is 5.92 Å². The number of carbonyl (C=O) groups excluding carboxylic acids is 2. The summed E-state index contributed by atoms with van der Waals surface area (Å²) in [5, 5.41) is 9.21. The number of nitrogens with zero attached hydrogens (tertiary/aromatic N) is 4. The van der Waals surface area contributed by atoms with Crippen molar-refractivity contribution in [2.75, 3.05) is 44.2 Å². The summed E-state index contributed by atoms with van der Waals surface area (Å²) in [5.74, 6) is 0.983. The zero-order chi connectivity index (χ0) is 31.3. The maximum absolute atomic E-state index is 13.8. The number of piperidine rings is 1. The lowest BCUT2D eigenvalue weighted by Gasteiger charge is -2.38. The number of amides is 3. The molecule has 2 aromatic carbocycles. The molecular formula is C34H48N4O5. The lowest BCUT2D eigenvalue weighted by Crippen LogP contribution is -2.56. The second-order valence-corrected chi connectivity index (χ2v) is 12.9. The third kappa shape index (κ3) is 8.00. The van der Waals surface area contributed by atoms with Crippen LogP contribution in [0, 0.1) is 5.92 Å². The van der Waals surface area contributed by atoms with Gasteiger partial charge in [-0.05, 0) is 69.7 Å². The molecule has 0 bridgehead atoms. The molecule has 43 heavy (non-hydrogen) atoms. The molecule has 2 aromatic rings. The number of rotatable bonds is 9. The minimum atomic E-state index is -1.12. The van der Waals surface area contributed by atoms with Crippen LogP contribution < -0.4 is 9.64 Å². The number of ether oxygens (including phenoxy) is 1. The first kappa shape index (κ1) is 32.2. The lowest BCUT2D eigenvalue weighted by molar-refractivity contribution is -0.147. The fraction of sp³-hybridized carbons (Fsp3) is 0.559. The molecule has 4 rings (SSSR count). The van der Waals surface area contributed by atoms with Gasteiger partial charge in [0.2, 0.25) is 5.91 Å². The number of piperazine rings is 1. The Morgan fingerprint density at radius 2 is 1.60 bits per heavy atom. The second-order valence-electron chi connectivity index (χ2n) is 12.9. The van der Waals surface area contributed by atoms with E-state index < -0.39 is 11.7 Å². The predicted octanol–water partition coefficient (Wildman–Crippen LogP) is 5.44. The minimum Gasteiger partial charge on any atom is -0.478 e. The molecule has 0 aromatic heterocycles. The summed E-state index contributed by atoms with van der Waals surface area (Å²) >= 11 is 0. The quantitative estimate of drug-likeness (QED) is 0.417. The highest BCUT2D eigenvalue weighted by Gasteiger charge is 2.37. The summed E-state index contributed by atoms with van der Waals surface area (Å²) in [6.07, 6.45) is 0.815. The molecule has 2 saturated heterocycles. The van der Waals surface area contributed by atoms with Crippen molar-refractivity contribution in [2.24, 2.45) is 5.92 Å². The van der Waals surface area contributed by atoms with Crippen molar-refractivity contribution < 1.29 is 24.2 Å². The first-order valence-electron chi connectivity index (χ1n) is 15.6. The van der Waals surface area contributed by atoms with Gasteiger partial charge in [-0.25, -0.2) is 4.79 Å². The largest absolute Gasteiger partial charge is 0.478 e. The van der Waals surface area contributed by atoms with E-state index in [4.69, 9.17) is 4.74 Å². The molecule has 0 unspecified atom stereocenters. The zero-order valence-electron chi connectivity index (χ0n) is 26.6. The third-order valence-electron chi connectivity index (χ3n) is 8.58. The van der Waals surface area contributed by atoms with Crippen molar-refractivity contribution in [3.05, 3.63) is 59.7 Å². The Kier molecular flexibility index (Phi) is 10.2. The van der Waals surface area contributed by atoms with Crippen molar-refractivity contribution in [2.45, 2.75) is 78.5 Å². The topological polar surface area (TPSA) is 93.6 Å². The summed E-state index contributed by atoms with van der Waals surface area (Å²) in [6, 6.07) is 16.4. The van der Waals surface area contributed by atoms with Crippen LogP contribution in [0.5, 0.6) is 5.75 Å². The van der Waals surface area contributed by atoms with Gasteiger partial charge in [0.25, 0.3) is 5.91 Å². The van der Waals surface area contributed by atoms with E-state index in [1.54, 1.807) is 18.7 Å². The molecule has 2 fully saturated rings. The van der Waals surface area contributed by atoms with E-state index in [9.17, 15) is 19.5 Å². The van der Waals surface area contributed by atoms with Crippen LogP contribution in [0.2, 0.25) is 0 Å². The highest BCUT2D eigenvalue weighted by Crippen LogP contribution is 2.30. The molecule has 3 amide bonds. The fourth-order valence-electron chi connectivity index (χ4n) is 5.93. The van der Waals surface area contributed by atoms with Crippen LogP contribution >= 0.6 is 0 Å². The van der Waals surface area contributed by atoms with Gasteiger partial charge in [0.1, 0.15) is 5.75 Å². The molecule has 234 valence electrons.